The van der Waals surface area contributed by atoms with Crippen LogP contribution in [0.4, 0.5) is 4.39 Å². The van der Waals surface area contributed by atoms with Gasteiger partial charge in [-0.1, -0.05) is 17.0 Å². The van der Waals surface area contributed by atoms with Gasteiger partial charge in [-0.05, 0) is 6.07 Å². The topological polar surface area (TPSA) is 45.5 Å². The van der Waals surface area contributed by atoms with E-state index in [2.05, 4.69) is 22.0 Å². The van der Waals surface area contributed by atoms with Gasteiger partial charge in [0.2, 0.25) is 0 Å². The van der Waals surface area contributed by atoms with Gasteiger partial charge in [-0.15, -0.1) is 11.6 Å². The lowest BCUT2D eigenvalue weighted by atomic mass is 10.2. The van der Waals surface area contributed by atoms with Crippen molar-refractivity contribution < 1.29 is 9.60 Å². The highest BCUT2D eigenvalue weighted by Gasteiger charge is 2.05. The van der Waals surface area contributed by atoms with E-state index in [1.165, 1.54) is 12.3 Å². The fraction of sp³-hybridized carbons (Fsp3) is 0.200. The highest BCUT2D eigenvalue weighted by molar-refractivity contribution is 6.18. The Morgan fingerprint density at radius 1 is 1.67 bits per heavy atom. The number of hydrogen-bond donors (Lipinski definition) is 1. The molecule has 0 unspecified atom stereocenters. The molecule has 78 valence electrons. The summed E-state index contributed by atoms with van der Waals surface area (Å²) in [5.41, 5.74) is 0.167. The molecule has 1 heterocycles. The summed E-state index contributed by atoms with van der Waals surface area (Å²) in [7, 11) is 0. The van der Waals surface area contributed by atoms with Crippen molar-refractivity contribution in [2.24, 2.45) is 5.16 Å². The van der Waals surface area contributed by atoms with Crippen molar-refractivity contribution in [2.45, 2.75) is 6.42 Å². The van der Waals surface area contributed by atoms with Crippen LogP contribution in [0, 0.1) is 17.7 Å². The minimum Gasteiger partial charge on any atom is -0.411 e. The maximum Gasteiger partial charge on any atom is 0.166 e. The zero-order chi connectivity index (χ0) is 11.1. The highest BCUT2D eigenvalue weighted by atomic mass is 35.5. The fourth-order valence-corrected chi connectivity index (χ4v) is 1.00. The average Bonchev–Trinajstić information content (AvgIpc) is 2.24. The van der Waals surface area contributed by atoms with Crippen molar-refractivity contribution >= 4 is 17.8 Å². The predicted molar refractivity (Wildman–Crippen MR) is 55.8 cm³/mol. The second-order valence-corrected chi connectivity index (χ2v) is 2.92. The fourth-order valence-electron chi connectivity index (χ4n) is 0.906. The molecule has 0 aromatic carbocycles. The molecule has 0 spiro atoms. The first kappa shape index (κ1) is 11.5. The first-order valence-corrected chi connectivity index (χ1v) is 4.70. The molecule has 0 saturated heterocycles. The van der Waals surface area contributed by atoms with E-state index in [4.69, 9.17) is 16.8 Å². The van der Waals surface area contributed by atoms with Crippen LogP contribution >= 0.6 is 11.6 Å². The third kappa shape index (κ3) is 3.22. The van der Waals surface area contributed by atoms with Crippen LogP contribution in [0.2, 0.25) is 0 Å². The Labute approximate surface area is 91.6 Å². The van der Waals surface area contributed by atoms with Crippen LogP contribution in [-0.4, -0.2) is 22.3 Å². The van der Waals surface area contributed by atoms with Gasteiger partial charge in [-0.3, -0.25) is 4.98 Å². The monoisotopic (exact) mass is 226 g/mol. The molecule has 0 atom stereocenters. The van der Waals surface area contributed by atoms with Crippen molar-refractivity contribution in [3.63, 3.8) is 0 Å². The standard InChI is InChI=1S/C10H8ClFN2O/c11-5-2-1-3-8-4-6-13-9(7-14-15)10(8)12/h4,6-7,15H,2,5H2. The number of nitrogens with zero attached hydrogens (tertiary/aromatic N) is 2. The van der Waals surface area contributed by atoms with E-state index in [0.717, 1.165) is 6.21 Å². The van der Waals surface area contributed by atoms with Crippen molar-refractivity contribution in [2.75, 3.05) is 5.88 Å². The Morgan fingerprint density at radius 2 is 2.47 bits per heavy atom. The van der Waals surface area contributed by atoms with Crippen LogP contribution in [-0.2, 0) is 0 Å². The average molecular weight is 227 g/mol. The van der Waals surface area contributed by atoms with Gasteiger partial charge in [0.25, 0.3) is 0 Å². The van der Waals surface area contributed by atoms with Crippen LogP contribution in [0.1, 0.15) is 17.7 Å². The summed E-state index contributed by atoms with van der Waals surface area (Å²) in [6, 6.07) is 1.45. The summed E-state index contributed by atoms with van der Waals surface area (Å²) < 4.78 is 13.5. The normalized spacial score (nSPS) is 10.0. The number of halogens is 2. The molecule has 0 fully saturated rings. The number of aromatic nitrogens is 1. The smallest absolute Gasteiger partial charge is 0.166 e. The van der Waals surface area contributed by atoms with Crippen LogP contribution in [0.5, 0.6) is 0 Å². The van der Waals surface area contributed by atoms with Gasteiger partial charge >= 0.3 is 0 Å². The van der Waals surface area contributed by atoms with Gasteiger partial charge in [0.05, 0.1) is 11.8 Å². The Bertz CT molecular complexity index is 423. The zero-order valence-electron chi connectivity index (χ0n) is 7.74. The van der Waals surface area contributed by atoms with E-state index in [9.17, 15) is 4.39 Å². The van der Waals surface area contributed by atoms with Gasteiger partial charge < -0.3 is 5.21 Å². The van der Waals surface area contributed by atoms with Crippen LogP contribution in [0.3, 0.4) is 0 Å². The molecule has 1 aromatic rings. The van der Waals surface area contributed by atoms with E-state index in [1.807, 2.05) is 0 Å². The number of oxime groups is 1. The minimum atomic E-state index is -0.600. The quantitative estimate of drug-likeness (QED) is 0.276. The van der Waals surface area contributed by atoms with Crippen LogP contribution in [0.25, 0.3) is 0 Å². The molecule has 1 rings (SSSR count). The summed E-state index contributed by atoms with van der Waals surface area (Å²) in [5.74, 6) is 5.13. The molecule has 0 aliphatic rings. The largest absolute Gasteiger partial charge is 0.411 e. The Hall–Kier alpha value is -1.60. The van der Waals surface area contributed by atoms with Gasteiger partial charge in [-0.25, -0.2) is 4.39 Å². The summed E-state index contributed by atoms with van der Waals surface area (Å²) in [4.78, 5) is 3.68. The van der Waals surface area contributed by atoms with Gasteiger partial charge in [-0.2, -0.15) is 0 Å². The lowest BCUT2D eigenvalue weighted by Gasteiger charge is -1.96. The summed E-state index contributed by atoms with van der Waals surface area (Å²) in [6.45, 7) is 0. The first-order chi connectivity index (χ1) is 7.29. The first-order valence-electron chi connectivity index (χ1n) is 4.16. The molecule has 3 nitrogen and oxygen atoms in total. The third-order valence-electron chi connectivity index (χ3n) is 1.54. The molecule has 5 heteroatoms. The molecule has 0 amide bonds. The van der Waals surface area contributed by atoms with Crippen molar-refractivity contribution in [3.8, 4) is 11.8 Å². The van der Waals surface area contributed by atoms with E-state index >= 15 is 0 Å². The molecule has 0 saturated carbocycles. The maximum absolute atomic E-state index is 13.5. The summed E-state index contributed by atoms with van der Waals surface area (Å²) in [5, 5.41) is 11.0. The molecular formula is C10H8ClFN2O. The number of alkyl halides is 1. The van der Waals surface area contributed by atoms with Gasteiger partial charge in [0.1, 0.15) is 5.69 Å². The summed E-state index contributed by atoms with van der Waals surface area (Å²) in [6.07, 6.45) is 2.81. The molecule has 1 N–H and O–H groups in total. The third-order valence-corrected chi connectivity index (χ3v) is 1.73. The predicted octanol–water partition coefficient (Wildman–Crippen LogP) is 2.01. The Balaban J connectivity index is 3.00. The zero-order valence-corrected chi connectivity index (χ0v) is 8.50. The molecule has 15 heavy (non-hydrogen) atoms. The lowest BCUT2D eigenvalue weighted by Crippen LogP contribution is -1.96. The highest BCUT2D eigenvalue weighted by Crippen LogP contribution is 2.07. The summed E-state index contributed by atoms with van der Waals surface area (Å²) >= 11 is 5.43. The van der Waals surface area contributed by atoms with Gasteiger partial charge in [0, 0.05) is 18.5 Å². The number of hydrogen-bond acceptors (Lipinski definition) is 3. The van der Waals surface area contributed by atoms with E-state index in [0.29, 0.717) is 12.3 Å². The van der Waals surface area contributed by atoms with Crippen molar-refractivity contribution in [3.05, 3.63) is 29.3 Å². The van der Waals surface area contributed by atoms with E-state index in [-0.39, 0.29) is 11.3 Å². The van der Waals surface area contributed by atoms with Crippen LogP contribution in [0.15, 0.2) is 17.4 Å². The molecular weight excluding hydrogens is 219 g/mol. The Kier molecular flexibility index (Phi) is 4.58. The minimum absolute atomic E-state index is 0.0461. The SMILES string of the molecule is ON=Cc1nccc(C#CCCCl)c1F. The van der Waals surface area contributed by atoms with Crippen LogP contribution < -0.4 is 0 Å². The molecule has 0 bridgehead atoms. The van der Waals surface area contributed by atoms with E-state index in [1.54, 1.807) is 0 Å². The molecule has 1 aromatic heterocycles. The molecule has 0 radical (unpaired) electrons. The van der Waals surface area contributed by atoms with Gasteiger partial charge in [0.15, 0.2) is 5.82 Å². The maximum atomic E-state index is 13.5. The lowest BCUT2D eigenvalue weighted by molar-refractivity contribution is 0.321. The molecule has 0 aliphatic heterocycles. The van der Waals surface area contributed by atoms with Crippen molar-refractivity contribution in [1.82, 2.24) is 4.98 Å². The number of pyridine rings is 1. The number of rotatable bonds is 2. The van der Waals surface area contributed by atoms with E-state index < -0.39 is 5.82 Å². The Morgan fingerprint density at radius 3 is 3.13 bits per heavy atom. The van der Waals surface area contributed by atoms with Crippen molar-refractivity contribution in [1.29, 1.82) is 0 Å². The second-order valence-electron chi connectivity index (χ2n) is 2.54. The molecule has 0 aliphatic carbocycles. The second kappa shape index (κ2) is 5.99.